The van der Waals surface area contributed by atoms with Gasteiger partial charge in [-0.3, -0.25) is 0 Å². The van der Waals surface area contributed by atoms with Crippen LogP contribution < -0.4 is 5.14 Å². The average Bonchev–Trinajstić information content (AvgIpc) is 2.67. The van der Waals surface area contributed by atoms with Crippen LogP contribution in [0.1, 0.15) is 0 Å². The zero-order valence-electron chi connectivity index (χ0n) is 7.87. The summed E-state index contributed by atoms with van der Waals surface area (Å²) in [5.74, 6) is 0. The Balaban J connectivity index is 2.61. The molecule has 0 aliphatic heterocycles. The lowest BCUT2D eigenvalue weighted by Crippen LogP contribution is -2.21. The third-order valence-corrected chi connectivity index (χ3v) is 2.92. The molecule has 0 amide bonds. The van der Waals surface area contributed by atoms with E-state index in [1.54, 1.807) is 12.1 Å². The Kier molecular flexibility index (Phi) is 2.34. The van der Waals surface area contributed by atoms with Gasteiger partial charge in [0.2, 0.25) is 0 Å². The van der Waals surface area contributed by atoms with Gasteiger partial charge in [-0.05, 0) is 17.7 Å². The first-order valence-corrected chi connectivity index (χ1v) is 5.85. The van der Waals surface area contributed by atoms with Crippen LogP contribution in [0.25, 0.3) is 11.3 Å². The van der Waals surface area contributed by atoms with Crippen molar-refractivity contribution in [1.82, 2.24) is 3.97 Å². The number of nitrogens with zero attached hydrogens (tertiary/aromatic N) is 1. The van der Waals surface area contributed by atoms with Gasteiger partial charge in [0, 0.05) is 6.20 Å². The third kappa shape index (κ3) is 1.93. The van der Waals surface area contributed by atoms with Crippen LogP contribution in [0, 0.1) is 0 Å². The molecule has 0 unspecified atom stereocenters. The average molecular weight is 222 g/mol. The van der Waals surface area contributed by atoms with Crippen LogP contribution >= 0.6 is 0 Å². The predicted octanol–water partition coefficient (Wildman–Crippen LogP) is 1.21. The molecule has 0 bridgehead atoms. The molecular weight excluding hydrogens is 212 g/mol. The van der Waals surface area contributed by atoms with Gasteiger partial charge in [-0.25, -0.2) is 9.11 Å². The third-order valence-electron chi connectivity index (χ3n) is 2.06. The summed E-state index contributed by atoms with van der Waals surface area (Å²) < 4.78 is 23.5. The highest BCUT2D eigenvalue weighted by atomic mass is 32.2. The van der Waals surface area contributed by atoms with Crippen LogP contribution in [0.2, 0.25) is 0 Å². The van der Waals surface area contributed by atoms with Gasteiger partial charge in [0.15, 0.2) is 0 Å². The molecule has 0 fully saturated rings. The molecule has 0 aliphatic carbocycles. The van der Waals surface area contributed by atoms with E-state index in [1.165, 1.54) is 6.20 Å². The van der Waals surface area contributed by atoms with E-state index in [9.17, 15) is 8.42 Å². The van der Waals surface area contributed by atoms with Crippen molar-refractivity contribution >= 4 is 10.2 Å². The highest BCUT2D eigenvalue weighted by Gasteiger charge is 2.11. The van der Waals surface area contributed by atoms with Crippen LogP contribution in [0.3, 0.4) is 0 Å². The van der Waals surface area contributed by atoms with E-state index < -0.39 is 10.2 Å². The van der Waals surface area contributed by atoms with Crippen molar-refractivity contribution < 1.29 is 8.42 Å². The summed E-state index contributed by atoms with van der Waals surface area (Å²) in [5, 5.41) is 5.07. The van der Waals surface area contributed by atoms with E-state index in [4.69, 9.17) is 5.14 Å². The Morgan fingerprint density at radius 2 is 1.67 bits per heavy atom. The minimum Gasteiger partial charge on any atom is -0.233 e. The minimum atomic E-state index is -3.72. The van der Waals surface area contributed by atoms with E-state index in [0.717, 1.165) is 9.54 Å². The second kappa shape index (κ2) is 3.52. The molecule has 0 saturated heterocycles. The molecule has 0 aliphatic rings. The maximum Gasteiger partial charge on any atom is 0.302 e. The number of hydrogen-bond acceptors (Lipinski definition) is 2. The summed E-state index contributed by atoms with van der Waals surface area (Å²) in [6.45, 7) is 0. The topological polar surface area (TPSA) is 65.1 Å². The molecule has 15 heavy (non-hydrogen) atoms. The molecule has 2 N–H and O–H groups in total. The second-order valence-corrected chi connectivity index (χ2v) is 4.52. The summed E-state index contributed by atoms with van der Waals surface area (Å²) in [6.07, 6.45) is 1.43. The van der Waals surface area contributed by atoms with E-state index in [-0.39, 0.29) is 0 Å². The smallest absolute Gasteiger partial charge is 0.233 e. The summed E-state index contributed by atoms with van der Waals surface area (Å²) in [4.78, 5) is 0. The standard InChI is InChI=1S/C10H10N2O2S/c11-15(13,14)12-8-4-7-10(12)9-5-2-1-3-6-9/h1-8H,(H2,11,13,14). The summed E-state index contributed by atoms with van der Waals surface area (Å²) in [7, 11) is -3.72. The molecule has 1 heterocycles. The molecule has 0 radical (unpaired) electrons. The minimum absolute atomic E-state index is 0.568. The summed E-state index contributed by atoms with van der Waals surface area (Å²) in [5.41, 5.74) is 1.38. The van der Waals surface area contributed by atoms with Gasteiger partial charge < -0.3 is 0 Å². The highest BCUT2D eigenvalue weighted by molar-refractivity contribution is 7.87. The lowest BCUT2D eigenvalue weighted by Gasteiger charge is -2.05. The van der Waals surface area contributed by atoms with Gasteiger partial charge in [0.05, 0.1) is 5.69 Å². The molecule has 5 heteroatoms. The van der Waals surface area contributed by atoms with Crippen LogP contribution in [0.5, 0.6) is 0 Å². The Labute approximate surface area is 88.1 Å². The zero-order chi connectivity index (χ0) is 10.9. The van der Waals surface area contributed by atoms with Crippen molar-refractivity contribution in [3.05, 3.63) is 48.7 Å². The van der Waals surface area contributed by atoms with Gasteiger partial charge in [0.1, 0.15) is 0 Å². The first kappa shape index (κ1) is 9.95. The lowest BCUT2D eigenvalue weighted by atomic mass is 10.2. The Morgan fingerprint density at radius 1 is 1.00 bits per heavy atom. The molecule has 78 valence electrons. The number of benzene rings is 1. The second-order valence-electron chi connectivity index (χ2n) is 3.10. The number of nitrogens with two attached hydrogens (primary N) is 1. The Hall–Kier alpha value is -1.59. The van der Waals surface area contributed by atoms with Gasteiger partial charge in [-0.15, -0.1) is 0 Å². The molecule has 0 saturated carbocycles. The molecule has 0 atom stereocenters. The van der Waals surface area contributed by atoms with E-state index in [2.05, 4.69) is 0 Å². The van der Waals surface area contributed by atoms with Crippen LogP contribution in [-0.4, -0.2) is 12.4 Å². The normalized spacial score (nSPS) is 11.5. The Bertz CT molecular complexity index is 558. The van der Waals surface area contributed by atoms with Crippen molar-refractivity contribution in [1.29, 1.82) is 0 Å². The zero-order valence-corrected chi connectivity index (χ0v) is 8.68. The largest absolute Gasteiger partial charge is 0.302 e. The predicted molar refractivity (Wildman–Crippen MR) is 58.4 cm³/mol. The first-order valence-electron chi connectivity index (χ1n) is 4.35. The monoisotopic (exact) mass is 222 g/mol. The fourth-order valence-electron chi connectivity index (χ4n) is 1.42. The molecular formula is C10H10N2O2S. The number of aromatic nitrogens is 1. The fraction of sp³-hybridized carbons (Fsp3) is 0. The molecule has 4 nitrogen and oxygen atoms in total. The first-order chi connectivity index (χ1) is 7.09. The molecule has 1 aromatic heterocycles. The summed E-state index contributed by atoms with van der Waals surface area (Å²) >= 11 is 0. The molecule has 2 rings (SSSR count). The fourth-order valence-corrected chi connectivity index (χ4v) is 2.10. The Morgan fingerprint density at radius 3 is 2.27 bits per heavy atom. The molecule has 2 aromatic rings. The number of rotatable bonds is 2. The maximum absolute atomic E-state index is 11.2. The highest BCUT2D eigenvalue weighted by Crippen LogP contribution is 2.20. The van der Waals surface area contributed by atoms with E-state index in [0.29, 0.717) is 5.69 Å². The molecule has 1 aromatic carbocycles. The van der Waals surface area contributed by atoms with Crippen molar-refractivity contribution in [2.24, 2.45) is 5.14 Å². The SMILES string of the molecule is NS(=O)(=O)n1cccc1-c1ccccc1. The quantitative estimate of drug-likeness (QED) is 0.829. The molecule has 0 spiro atoms. The van der Waals surface area contributed by atoms with Gasteiger partial charge in [-0.1, -0.05) is 30.3 Å². The lowest BCUT2D eigenvalue weighted by molar-refractivity contribution is 0.590. The van der Waals surface area contributed by atoms with Gasteiger partial charge >= 0.3 is 10.2 Å². The number of hydrogen-bond donors (Lipinski definition) is 1. The van der Waals surface area contributed by atoms with Crippen molar-refractivity contribution in [2.75, 3.05) is 0 Å². The van der Waals surface area contributed by atoms with Gasteiger partial charge in [0.25, 0.3) is 0 Å². The van der Waals surface area contributed by atoms with E-state index in [1.807, 2.05) is 30.3 Å². The van der Waals surface area contributed by atoms with Crippen LogP contribution in [-0.2, 0) is 10.2 Å². The summed E-state index contributed by atoms with van der Waals surface area (Å²) in [6, 6.07) is 12.6. The van der Waals surface area contributed by atoms with Crippen LogP contribution in [0.15, 0.2) is 48.7 Å². The van der Waals surface area contributed by atoms with Crippen molar-refractivity contribution in [3.8, 4) is 11.3 Å². The van der Waals surface area contributed by atoms with Gasteiger partial charge in [-0.2, -0.15) is 8.42 Å². The maximum atomic E-state index is 11.2. The van der Waals surface area contributed by atoms with Crippen LogP contribution in [0.4, 0.5) is 0 Å². The van der Waals surface area contributed by atoms with Crippen molar-refractivity contribution in [2.45, 2.75) is 0 Å². The van der Waals surface area contributed by atoms with Crippen molar-refractivity contribution in [3.63, 3.8) is 0 Å². The van der Waals surface area contributed by atoms with E-state index >= 15 is 0 Å².